The smallest absolute Gasteiger partial charge is 0.273 e. The molecule has 172 valence electrons. The third-order valence-electron chi connectivity index (χ3n) is 4.87. The van der Waals surface area contributed by atoms with Crippen molar-refractivity contribution >= 4 is 51.9 Å². The molecule has 0 bridgehead atoms. The molecule has 0 unspecified atom stereocenters. The molecule has 4 aromatic rings. The number of hydrogen-bond donors (Lipinski definition) is 1. The van der Waals surface area contributed by atoms with E-state index in [9.17, 15) is 25.0 Å². The number of nitriles is 1. The molecule has 1 amide bonds. The lowest BCUT2D eigenvalue weighted by atomic mass is 10.2. The van der Waals surface area contributed by atoms with Crippen molar-refractivity contribution in [3.63, 3.8) is 0 Å². The minimum absolute atomic E-state index is 0.0755. The van der Waals surface area contributed by atoms with E-state index in [0.29, 0.717) is 22.0 Å². The lowest BCUT2D eigenvalue weighted by Crippen LogP contribution is -2.32. The average Bonchev–Trinajstić information content (AvgIpc) is 3.15. The van der Waals surface area contributed by atoms with Crippen LogP contribution >= 0.6 is 22.9 Å². The number of carbonyl (C=O) groups is 1. The summed E-state index contributed by atoms with van der Waals surface area (Å²) in [4.78, 5) is 36.8. The first-order valence-corrected chi connectivity index (χ1v) is 11.3. The number of benzene rings is 3. The number of nitrogens with one attached hydrogen (secondary N) is 1. The summed E-state index contributed by atoms with van der Waals surface area (Å²) < 4.78 is 1.70. The van der Waals surface area contributed by atoms with Crippen LogP contribution in [-0.4, -0.2) is 15.4 Å². The van der Waals surface area contributed by atoms with E-state index >= 15 is 0 Å². The lowest BCUT2D eigenvalue weighted by Gasteiger charge is -2.06. The van der Waals surface area contributed by atoms with Crippen molar-refractivity contribution in [2.24, 2.45) is 0 Å². The van der Waals surface area contributed by atoms with Gasteiger partial charge in [0.15, 0.2) is 5.57 Å². The minimum Gasteiger partial charge on any atom is -0.321 e. The second-order valence-corrected chi connectivity index (χ2v) is 8.66. The Labute approximate surface area is 207 Å². The number of rotatable bonds is 5. The van der Waals surface area contributed by atoms with Crippen molar-refractivity contribution in [1.82, 2.24) is 4.57 Å². The fraction of sp³-hybridized carbons (Fsp3) is 0. The van der Waals surface area contributed by atoms with Gasteiger partial charge in [-0.1, -0.05) is 35.9 Å². The molecule has 10 heteroatoms. The number of amides is 1. The molecule has 0 aliphatic carbocycles. The summed E-state index contributed by atoms with van der Waals surface area (Å²) >= 11 is 6.96. The molecule has 0 saturated heterocycles. The number of hydrogen-bond acceptors (Lipinski definition) is 6. The molecular weight excluding hydrogens is 488 g/mol. The zero-order valence-electron chi connectivity index (χ0n) is 17.8. The zero-order valence-corrected chi connectivity index (χ0v) is 19.4. The van der Waals surface area contributed by atoms with E-state index in [1.165, 1.54) is 28.8 Å². The molecule has 0 atom stereocenters. The van der Waals surface area contributed by atoms with Gasteiger partial charge in [-0.15, -0.1) is 11.3 Å². The largest absolute Gasteiger partial charge is 0.321 e. The van der Waals surface area contributed by atoms with Crippen LogP contribution in [-0.2, 0) is 4.79 Å². The first kappa shape index (κ1) is 23.6. The van der Waals surface area contributed by atoms with Crippen LogP contribution in [0.15, 0.2) is 83.7 Å². The Bertz CT molecular complexity index is 1650. The maximum Gasteiger partial charge on any atom is 0.273 e. The van der Waals surface area contributed by atoms with Crippen LogP contribution in [0.5, 0.6) is 0 Å². The van der Waals surface area contributed by atoms with E-state index in [4.69, 9.17) is 11.6 Å². The molecule has 0 fully saturated rings. The summed E-state index contributed by atoms with van der Waals surface area (Å²) in [5.74, 6) is -0.692. The molecule has 0 aliphatic heterocycles. The van der Waals surface area contributed by atoms with Gasteiger partial charge >= 0.3 is 0 Å². The van der Waals surface area contributed by atoms with Crippen LogP contribution < -0.4 is 20.1 Å². The zero-order chi connectivity index (χ0) is 24.9. The Hall–Kier alpha value is -4.52. The normalized spacial score (nSPS) is 12.1. The molecule has 0 radical (unpaired) electrons. The molecule has 1 aromatic heterocycles. The van der Waals surface area contributed by atoms with Gasteiger partial charge in [0.25, 0.3) is 17.2 Å². The van der Waals surface area contributed by atoms with Crippen molar-refractivity contribution in [1.29, 1.82) is 5.26 Å². The summed E-state index contributed by atoms with van der Waals surface area (Å²) in [6.45, 7) is 0. The van der Waals surface area contributed by atoms with Gasteiger partial charge in [-0.25, -0.2) is 0 Å². The molecule has 0 aliphatic rings. The topological polar surface area (TPSA) is 118 Å². The van der Waals surface area contributed by atoms with Crippen LogP contribution in [0.4, 0.5) is 11.4 Å². The highest BCUT2D eigenvalue weighted by Crippen LogP contribution is 2.16. The Balaban J connectivity index is 1.92. The first-order chi connectivity index (χ1) is 16.9. The number of thiazole rings is 1. The number of nitrogens with zero attached hydrogens (tertiary/aromatic N) is 3. The molecule has 8 nitrogen and oxygen atoms in total. The van der Waals surface area contributed by atoms with E-state index < -0.39 is 16.4 Å². The maximum atomic E-state index is 13.4. The highest BCUT2D eigenvalue weighted by molar-refractivity contribution is 7.07. The van der Waals surface area contributed by atoms with Gasteiger partial charge in [-0.05, 0) is 54.1 Å². The first-order valence-electron chi connectivity index (χ1n) is 10.1. The van der Waals surface area contributed by atoms with E-state index in [0.717, 1.165) is 11.3 Å². The molecule has 0 saturated carbocycles. The number of para-hydroxylation sites is 1. The van der Waals surface area contributed by atoms with E-state index in [-0.39, 0.29) is 20.5 Å². The summed E-state index contributed by atoms with van der Waals surface area (Å²) in [6.07, 6.45) is 1.56. The van der Waals surface area contributed by atoms with Gasteiger partial charge in [0.2, 0.25) is 0 Å². The minimum atomic E-state index is -0.692. The molecule has 4 rings (SSSR count). The van der Waals surface area contributed by atoms with Crippen molar-refractivity contribution < 1.29 is 9.72 Å². The van der Waals surface area contributed by atoms with Crippen LogP contribution in [0.2, 0.25) is 5.02 Å². The number of halogens is 1. The van der Waals surface area contributed by atoms with E-state index in [2.05, 4.69) is 5.32 Å². The molecular formula is C25H15ClN4O4S. The standard InChI is InChI=1S/C25H15ClN4O4S/c26-17-5-4-6-18(14-17)28-23(31)21(15-27)25-29(19-7-2-1-3-8-19)24(32)22(35-25)13-16-9-11-20(12-10-16)30(33)34/h1-14H,(H,28,31). The number of aromatic nitrogens is 1. The fourth-order valence-corrected chi connectivity index (χ4v) is 4.55. The Morgan fingerprint density at radius 3 is 2.43 bits per heavy atom. The quantitative estimate of drug-likeness (QED) is 0.330. The molecule has 1 N–H and O–H groups in total. The average molecular weight is 503 g/mol. The third-order valence-corrected chi connectivity index (χ3v) is 6.20. The number of carbonyl (C=O) groups excluding carboxylic acids is 1. The summed E-state index contributed by atoms with van der Waals surface area (Å²) in [5.41, 5.74) is 0.682. The maximum absolute atomic E-state index is 13.4. The van der Waals surface area contributed by atoms with Gasteiger partial charge in [0.1, 0.15) is 10.7 Å². The van der Waals surface area contributed by atoms with Gasteiger partial charge in [0, 0.05) is 22.8 Å². The van der Waals surface area contributed by atoms with Crippen molar-refractivity contribution in [3.05, 3.63) is 119 Å². The van der Waals surface area contributed by atoms with Gasteiger partial charge in [-0.3, -0.25) is 24.3 Å². The number of anilines is 1. The van der Waals surface area contributed by atoms with Crippen LogP contribution in [0.3, 0.4) is 0 Å². The van der Waals surface area contributed by atoms with E-state index in [1.807, 2.05) is 6.07 Å². The summed E-state index contributed by atoms with van der Waals surface area (Å²) in [5, 5.41) is 23.8. The molecule has 0 spiro atoms. The highest BCUT2D eigenvalue weighted by Gasteiger charge is 2.17. The predicted molar refractivity (Wildman–Crippen MR) is 135 cm³/mol. The van der Waals surface area contributed by atoms with E-state index in [1.54, 1.807) is 60.7 Å². The highest BCUT2D eigenvalue weighted by atomic mass is 35.5. The second-order valence-electron chi connectivity index (χ2n) is 7.19. The Kier molecular flexibility index (Phi) is 6.87. The van der Waals surface area contributed by atoms with Gasteiger partial charge < -0.3 is 5.32 Å². The molecule has 1 heterocycles. The number of nitro benzene ring substituents is 1. The van der Waals surface area contributed by atoms with Crippen molar-refractivity contribution in [2.45, 2.75) is 0 Å². The van der Waals surface area contributed by atoms with Crippen molar-refractivity contribution in [3.8, 4) is 11.8 Å². The third kappa shape index (κ3) is 5.19. The lowest BCUT2D eigenvalue weighted by molar-refractivity contribution is -0.384. The fourth-order valence-electron chi connectivity index (χ4n) is 3.26. The second kappa shape index (κ2) is 10.2. The molecule has 35 heavy (non-hydrogen) atoms. The molecule has 3 aromatic carbocycles. The number of non-ortho nitro benzene ring substituents is 1. The Morgan fingerprint density at radius 1 is 1.09 bits per heavy atom. The van der Waals surface area contributed by atoms with Gasteiger partial charge in [-0.2, -0.15) is 5.26 Å². The Morgan fingerprint density at radius 2 is 1.80 bits per heavy atom. The predicted octanol–water partition coefficient (Wildman–Crippen LogP) is 3.60. The monoisotopic (exact) mass is 502 g/mol. The number of nitro groups is 1. The summed E-state index contributed by atoms with van der Waals surface area (Å²) in [6, 6.07) is 22.8. The van der Waals surface area contributed by atoms with Crippen molar-refractivity contribution in [2.75, 3.05) is 5.32 Å². The van der Waals surface area contributed by atoms with Gasteiger partial charge in [0.05, 0.1) is 15.1 Å². The van der Waals surface area contributed by atoms with Crippen LogP contribution in [0.25, 0.3) is 17.3 Å². The SMILES string of the molecule is N#CC(C(=O)Nc1cccc(Cl)c1)=c1sc(=Cc2ccc([N+](=O)[O-])cc2)c(=O)n1-c1ccccc1. The van der Waals surface area contributed by atoms with Crippen LogP contribution in [0.1, 0.15) is 5.56 Å². The summed E-state index contributed by atoms with van der Waals surface area (Å²) in [7, 11) is 0. The van der Waals surface area contributed by atoms with Crippen LogP contribution in [0, 0.1) is 21.4 Å².